The molecule has 8 aromatic rings. The summed E-state index contributed by atoms with van der Waals surface area (Å²) < 4.78 is 29.8. The minimum Gasteiger partial charge on any atom is -0.557 e. The van der Waals surface area contributed by atoms with Crippen LogP contribution in [0.3, 0.4) is 0 Å². The number of imidazole rings is 1. The van der Waals surface area contributed by atoms with Crippen LogP contribution in [0, 0.1) is 19.2 Å². The predicted octanol–water partition coefficient (Wildman–Crippen LogP) is 10.3. The second-order valence-corrected chi connectivity index (χ2v) is 17.5. The van der Waals surface area contributed by atoms with E-state index in [-0.39, 0.29) is 25.7 Å². The summed E-state index contributed by atoms with van der Waals surface area (Å²) in [6.07, 6.45) is 4.57. The van der Waals surface area contributed by atoms with Crippen LogP contribution in [0.5, 0.6) is 0 Å². The van der Waals surface area contributed by atoms with Crippen LogP contribution in [-0.2, 0) is 20.1 Å². The smallest absolute Gasteiger partial charge is 0.0774 e. The fraction of sp³-hybridized carbons (Fsp3) is 0.0952. The number of furan rings is 1. The van der Waals surface area contributed by atoms with Crippen LogP contribution in [0.2, 0.25) is 19.6 Å². The van der Waals surface area contributed by atoms with Gasteiger partial charge in [0.15, 0.2) is 0 Å². The molecule has 8 rings (SSSR count). The SMILES string of the molecule is C[Si](C)(C)c1ccc2o[c-]c(-c3nc4ccccc4n3-c3ccc(-c4ccccc4)cc3)c2c1.[2H]C([2H])([2H])c1ccc(-c2[c-]cccc2)nc1.[Ir]. The van der Waals surface area contributed by atoms with Gasteiger partial charge in [-0.1, -0.05) is 115 Å². The Balaban J connectivity index is 0.000000222. The molecule has 239 valence electrons. The zero-order chi connectivity index (χ0) is 34.9. The number of aryl methyl sites for hydroxylation is 1. The van der Waals surface area contributed by atoms with Crippen LogP contribution in [0.1, 0.15) is 9.68 Å². The molecule has 4 nitrogen and oxygen atoms in total. The molecule has 1 radical (unpaired) electrons. The van der Waals surface area contributed by atoms with E-state index in [0.717, 1.165) is 50.3 Å². The van der Waals surface area contributed by atoms with E-state index in [1.807, 2.05) is 30.3 Å². The quantitative estimate of drug-likeness (QED) is 0.128. The van der Waals surface area contributed by atoms with E-state index in [4.69, 9.17) is 13.5 Å². The van der Waals surface area contributed by atoms with E-state index in [0.29, 0.717) is 0 Å². The standard InChI is InChI=1S/C30H25N2OSi.C12H10N.Ir/c1-34(2,3)24-17-18-29-25(19-24)26(20-33-29)30-31-27-11-7-8-12-28(27)32(30)23-15-13-22(14-16-23)21-9-5-4-6-10-21;1-10-7-8-12(13-9-10)11-5-3-2-4-6-11;/h4-19H,1-3H3;2-5,7-9H,1H3;/q2*-1;/i;1D3;. The third kappa shape index (κ3) is 6.88. The summed E-state index contributed by atoms with van der Waals surface area (Å²) in [5.41, 5.74) is 9.07. The maximum absolute atomic E-state index is 7.23. The van der Waals surface area contributed by atoms with Crippen LogP contribution in [-0.4, -0.2) is 22.6 Å². The van der Waals surface area contributed by atoms with Gasteiger partial charge in [0.25, 0.3) is 0 Å². The summed E-state index contributed by atoms with van der Waals surface area (Å²) in [5, 5.41) is 2.46. The molecule has 3 heterocycles. The summed E-state index contributed by atoms with van der Waals surface area (Å²) in [6.45, 7) is 5.00. The summed E-state index contributed by atoms with van der Waals surface area (Å²) in [4.78, 5) is 9.16. The van der Waals surface area contributed by atoms with Gasteiger partial charge in [0.05, 0.1) is 24.9 Å². The van der Waals surface area contributed by atoms with Gasteiger partial charge < -0.3 is 14.0 Å². The van der Waals surface area contributed by atoms with E-state index in [2.05, 4.69) is 126 Å². The van der Waals surface area contributed by atoms with Crippen molar-refractivity contribution >= 4 is 35.3 Å². The van der Waals surface area contributed by atoms with Crippen LogP contribution in [0.15, 0.2) is 144 Å². The molecule has 48 heavy (non-hydrogen) atoms. The van der Waals surface area contributed by atoms with Crippen molar-refractivity contribution in [2.24, 2.45) is 0 Å². The zero-order valence-electron chi connectivity index (χ0n) is 29.9. The van der Waals surface area contributed by atoms with Gasteiger partial charge in [-0.2, -0.15) is 0 Å². The van der Waals surface area contributed by atoms with Crippen molar-refractivity contribution in [2.75, 3.05) is 0 Å². The first kappa shape index (κ1) is 29.3. The Bertz CT molecular complexity index is 2380. The second-order valence-electron chi connectivity index (χ2n) is 12.4. The Morgan fingerprint density at radius 2 is 1.52 bits per heavy atom. The molecule has 0 unspecified atom stereocenters. The summed E-state index contributed by atoms with van der Waals surface area (Å²) in [6, 6.07) is 47.7. The van der Waals surface area contributed by atoms with Crippen molar-refractivity contribution in [1.29, 1.82) is 0 Å². The molecule has 0 fully saturated rings. The zero-order valence-corrected chi connectivity index (χ0v) is 30.3. The van der Waals surface area contributed by atoms with Gasteiger partial charge in [-0.05, 0) is 53.5 Å². The van der Waals surface area contributed by atoms with E-state index in [1.165, 1.54) is 22.5 Å². The van der Waals surface area contributed by atoms with Crippen molar-refractivity contribution < 1.29 is 28.6 Å². The average Bonchev–Trinajstić information content (AvgIpc) is 3.73. The molecular weight excluding hydrogens is 783 g/mol. The van der Waals surface area contributed by atoms with E-state index >= 15 is 0 Å². The number of benzene rings is 5. The van der Waals surface area contributed by atoms with Gasteiger partial charge in [-0.25, -0.2) is 0 Å². The summed E-state index contributed by atoms with van der Waals surface area (Å²) in [7, 11) is -1.48. The molecule has 0 bridgehead atoms. The third-order valence-corrected chi connectivity index (χ3v) is 10.2. The van der Waals surface area contributed by atoms with Crippen molar-refractivity contribution in [3.05, 3.63) is 158 Å². The molecule has 0 saturated carbocycles. The number of fused-ring (bicyclic) bond motifs is 2. The third-order valence-electron chi connectivity index (χ3n) is 8.14. The molecule has 0 spiro atoms. The molecule has 5 aromatic carbocycles. The number of hydrogen-bond acceptors (Lipinski definition) is 3. The van der Waals surface area contributed by atoms with Gasteiger partial charge in [-0.15, -0.1) is 42.0 Å². The van der Waals surface area contributed by atoms with E-state index in [9.17, 15) is 0 Å². The Hall–Kier alpha value is -4.87. The molecule has 0 aliphatic carbocycles. The largest absolute Gasteiger partial charge is 0.557 e. The fourth-order valence-electron chi connectivity index (χ4n) is 5.60. The van der Waals surface area contributed by atoms with Crippen LogP contribution < -0.4 is 5.19 Å². The first-order chi connectivity index (χ1) is 24.1. The fourth-order valence-corrected chi connectivity index (χ4v) is 6.76. The van der Waals surface area contributed by atoms with Crippen molar-refractivity contribution in [3.8, 4) is 39.5 Å². The second kappa shape index (κ2) is 14.1. The number of nitrogens with zero attached hydrogens (tertiary/aromatic N) is 3. The van der Waals surface area contributed by atoms with Crippen LogP contribution in [0.25, 0.3) is 61.5 Å². The van der Waals surface area contributed by atoms with Gasteiger partial charge >= 0.3 is 0 Å². The molecule has 0 amide bonds. The maximum atomic E-state index is 7.23. The molecule has 0 saturated heterocycles. The van der Waals surface area contributed by atoms with Crippen molar-refractivity contribution in [2.45, 2.75) is 26.5 Å². The predicted molar refractivity (Wildman–Crippen MR) is 197 cm³/mol. The molecule has 0 aliphatic heterocycles. The minimum absolute atomic E-state index is 0. The molecule has 0 atom stereocenters. The number of rotatable bonds is 5. The monoisotopic (exact) mass is 821 g/mol. The first-order valence-electron chi connectivity index (χ1n) is 17.1. The molecule has 0 N–H and O–H groups in total. The Labute approximate surface area is 300 Å². The van der Waals surface area contributed by atoms with Gasteiger partial charge in [0, 0.05) is 47.9 Å². The van der Waals surface area contributed by atoms with E-state index < -0.39 is 14.9 Å². The Morgan fingerprint density at radius 3 is 2.23 bits per heavy atom. The maximum Gasteiger partial charge on any atom is 0.0774 e. The minimum atomic E-state index is -2.09. The number of pyridine rings is 1. The summed E-state index contributed by atoms with van der Waals surface area (Å²) >= 11 is 0. The average molecular weight is 821 g/mol. The molecule has 3 aromatic heterocycles. The van der Waals surface area contributed by atoms with Crippen LogP contribution in [0.4, 0.5) is 0 Å². The Morgan fingerprint density at radius 1 is 0.771 bits per heavy atom. The number of hydrogen-bond donors (Lipinski definition) is 0. The molecule has 0 aliphatic rings. The van der Waals surface area contributed by atoms with Crippen molar-refractivity contribution in [3.63, 3.8) is 0 Å². The molecule has 6 heteroatoms. The number of para-hydroxylation sites is 2. The Kier molecular flexibility index (Phi) is 8.59. The number of aromatic nitrogens is 3. The van der Waals surface area contributed by atoms with Gasteiger partial charge in [0.1, 0.15) is 0 Å². The van der Waals surface area contributed by atoms with Gasteiger partial charge in [-0.3, -0.25) is 4.98 Å². The van der Waals surface area contributed by atoms with Crippen LogP contribution >= 0.6 is 0 Å². The summed E-state index contributed by atoms with van der Waals surface area (Å²) in [5.74, 6) is 0.847. The normalized spacial score (nSPS) is 12.4. The van der Waals surface area contributed by atoms with Gasteiger partial charge in [0.2, 0.25) is 0 Å². The van der Waals surface area contributed by atoms with E-state index in [1.54, 1.807) is 18.2 Å². The first-order valence-corrected chi connectivity index (χ1v) is 19.1. The van der Waals surface area contributed by atoms with Crippen molar-refractivity contribution in [1.82, 2.24) is 14.5 Å². The topological polar surface area (TPSA) is 43.9 Å². The molecular formula is C42H35IrN3OSi-2.